The molecule has 1 atom stereocenters. The van der Waals surface area contributed by atoms with Crippen molar-refractivity contribution in [3.8, 4) is 11.3 Å². The third-order valence-electron chi connectivity index (χ3n) is 7.01. The summed E-state index contributed by atoms with van der Waals surface area (Å²) in [6.07, 6.45) is 2.28. The lowest BCUT2D eigenvalue weighted by molar-refractivity contribution is -0.137. The molecule has 0 saturated carbocycles. The molecule has 14 heteroatoms. The van der Waals surface area contributed by atoms with E-state index in [0.717, 1.165) is 48.8 Å². The summed E-state index contributed by atoms with van der Waals surface area (Å²) in [5.41, 5.74) is 9.28. The van der Waals surface area contributed by atoms with Crippen molar-refractivity contribution in [2.45, 2.75) is 38.0 Å². The van der Waals surface area contributed by atoms with E-state index in [-0.39, 0.29) is 29.8 Å². The molecule has 11 nitrogen and oxygen atoms in total. The fourth-order valence-corrected chi connectivity index (χ4v) is 5.10. The van der Waals surface area contributed by atoms with Crippen molar-refractivity contribution in [1.29, 1.82) is 0 Å². The Hall–Kier alpha value is -4.85. The molecule has 4 heterocycles. The molecule has 41 heavy (non-hydrogen) atoms. The van der Waals surface area contributed by atoms with Crippen molar-refractivity contribution in [1.82, 2.24) is 34.5 Å². The van der Waals surface area contributed by atoms with Gasteiger partial charge < -0.3 is 16.2 Å². The summed E-state index contributed by atoms with van der Waals surface area (Å²) in [7, 11) is 0. The van der Waals surface area contributed by atoms with Gasteiger partial charge in [0.25, 0.3) is 5.91 Å². The van der Waals surface area contributed by atoms with Gasteiger partial charge in [-0.1, -0.05) is 12.1 Å². The number of nitrogen functional groups attached to an aromatic ring is 1. The zero-order valence-electron chi connectivity index (χ0n) is 21.5. The summed E-state index contributed by atoms with van der Waals surface area (Å²) >= 11 is 0. The molecule has 0 saturated heterocycles. The Bertz CT molecular complexity index is 1750. The quantitative estimate of drug-likeness (QED) is 0.282. The van der Waals surface area contributed by atoms with Gasteiger partial charge in [-0.15, -0.1) is 0 Å². The predicted octanol–water partition coefficient (Wildman–Crippen LogP) is 3.86. The van der Waals surface area contributed by atoms with E-state index in [9.17, 15) is 23.1 Å². The number of nitrogens with one attached hydrogen (secondary N) is 1. The number of nitrogens with zero attached hydrogens (tertiary/aromatic N) is 7. The number of nitrogens with two attached hydrogens (primary N) is 1. The number of rotatable bonds is 6. The van der Waals surface area contributed by atoms with Crippen LogP contribution in [0.4, 0.5) is 24.8 Å². The number of pyridine rings is 1. The SMILES string of the molecule is Nc1ncnc2c1c(-c1ccc(C(=O)Nc3cc(C(F)(F)F)ccn3)cc1)nn2[C@H]1CCCc2nn(CCO)cc21. The van der Waals surface area contributed by atoms with Gasteiger partial charge in [0, 0.05) is 29.1 Å². The van der Waals surface area contributed by atoms with Crippen LogP contribution >= 0.6 is 0 Å². The van der Waals surface area contributed by atoms with E-state index in [0.29, 0.717) is 28.8 Å². The predicted molar refractivity (Wildman–Crippen MR) is 143 cm³/mol. The average Bonchev–Trinajstić information content (AvgIpc) is 3.55. The average molecular weight is 564 g/mol. The molecule has 5 aromatic rings. The molecule has 1 aliphatic rings. The summed E-state index contributed by atoms with van der Waals surface area (Å²) < 4.78 is 42.6. The van der Waals surface area contributed by atoms with Crippen molar-refractivity contribution >= 4 is 28.6 Å². The minimum Gasteiger partial charge on any atom is -0.394 e. The van der Waals surface area contributed by atoms with Crippen LogP contribution in [0.3, 0.4) is 0 Å². The van der Waals surface area contributed by atoms with Crippen molar-refractivity contribution in [2.75, 3.05) is 17.7 Å². The number of aromatic nitrogens is 7. The van der Waals surface area contributed by atoms with Gasteiger partial charge in [0.15, 0.2) is 5.65 Å². The fraction of sp³-hybridized carbons (Fsp3) is 0.259. The lowest BCUT2D eigenvalue weighted by Gasteiger charge is -2.22. The molecule has 0 spiro atoms. The smallest absolute Gasteiger partial charge is 0.394 e. The molecule has 0 aliphatic heterocycles. The number of aliphatic hydroxyl groups excluding tert-OH is 1. The first-order chi connectivity index (χ1) is 19.7. The van der Waals surface area contributed by atoms with E-state index in [2.05, 4.69) is 25.4 Å². The zero-order chi connectivity index (χ0) is 28.7. The van der Waals surface area contributed by atoms with E-state index >= 15 is 0 Å². The largest absolute Gasteiger partial charge is 0.416 e. The highest BCUT2D eigenvalue weighted by Crippen LogP contribution is 2.38. The third-order valence-corrected chi connectivity index (χ3v) is 7.01. The van der Waals surface area contributed by atoms with Gasteiger partial charge in [-0.3, -0.25) is 9.48 Å². The van der Waals surface area contributed by atoms with Gasteiger partial charge in [-0.2, -0.15) is 23.4 Å². The second kappa shape index (κ2) is 10.3. The van der Waals surface area contributed by atoms with Crippen molar-refractivity contribution in [3.63, 3.8) is 0 Å². The Kier molecular flexibility index (Phi) is 6.61. The number of hydrogen-bond acceptors (Lipinski definition) is 8. The number of halogens is 3. The summed E-state index contributed by atoms with van der Waals surface area (Å²) in [5.74, 6) is -0.574. The first-order valence-electron chi connectivity index (χ1n) is 12.8. The number of carbonyl (C=O) groups excluding carboxylic acids is 1. The monoisotopic (exact) mass is 563 g/mol. The maximum Gasteiger partial charge on any atom is 0.416 e. The molecule has 6 rings (SSSR count). The molecular formula is C27H24F3N9O2. The first kappa shape index (κ1) is 26.4. The molecule has 0 unspecified atom stereocenters. The van der Waals surface area contributed by atoms with Gasteiger partial charge in [0.05, 0.1) is 35.8 Å². The number of anilines is 2. The summed E-state index contributed by atoms with van der Waals surface area (Å²) in [6.45, 7) is 0.373. The van der Waals surface area contributed by atoms with E-state index in [1.165, 1.54) is 6.33 Å². The molecule has 0 radical (unpaired) electrons. The van der Waals surface area contributed by atoms with Crippen LogP contribution in [0.25, 0.3) is 22.3 Å². The number of amides is 1. The second-order valence-electron chi connectivity index (χ2n) is 9.64. The van der Waals surface area contributed by atoms with Gasteiger partial charge in [-0.05, 0) is 43.5 Å². The van der Waals surface area contributed by atoms with Crippen LogP contribution < -0.4 is 11.1 Å². The fourth-order valence-electron chi connectivity index (χ4n) is 5.10. The highest BCUT2D eigenvalue weighted by Gasteiger charge is 2.31. The highest BCUT2D eigenvalue weighted by atomic mass is 19.4. The van der Waals surface area contributed by atoms with E-state index in [4.69, 9.17) is 10.8 Å². The summed E-state index contributed by atoms with van der Waals surface area (Å²) in [5, 5.41) is 21.8. The molecule has 4 N–H and O–H groups in total. The number of fused-ring (bicyclic) bond motifs is 2. The number of aliphatic hydroxyl groups is 1. The minimum atomic E-state index is -4.55. The Labute approximate surface area is 230 Å². The number of carbonyl (C=O) groups is 1. The van der Waals surface area contributed by atoms with Gasteiger partial charge in [0.1, 0.15) is 23.7 Å². The Morgan fingerprint density at radius 1 is 1.12 bits per heavy atom. The Morgan fingerprint density at radius 2 is 1.93 bits per heavy atom. The molecule has 210 valence electrons. The molecule has 0 bridgehead atoms. The number of hydrogen-bond donors (Lipinski definition) is 3. The van der Waals surface area contributed by atoms with Crippen molar-refractivity contribution in [2.24, 2.45) is 0 Å². The third kappa shape index (κ3) is 4.97. The number of alkyl halides is 3. The van der Waals surface area contributed by atoms with Crippen LogP contribution in [0, 0.1) is 0 Å². The van der Waals surface area contributed by atoms with Gasteiger partial charge >= 0.3 is 6.18 Å². The van der Waals surface area contributed by atoms with Crippen LogP contribution in [0.15, 0.2) is 55.1 Å². The van der Waals surface area contributed by atoms with Crippen LogP contribution in [-0.2, 0) is 19.1 Å². The lowest BCUT2D eigenvalue weighted by atomic mass is 9.93. The minimum absolute atomic E-state index is 0.0195. The standard InChI is InChI=1S/C27H24F3N9O2/c28-27(29,30)17-8-9-32-21(12-17)35-26(41)16-6-4-15(5-7-16)23-22-24(31)33-14-34-25(22)39(37-23)20-3-1-2-19-18(20)13-38(36-19)10-11-40/h4-9,12-14,20,40H,1-3,10-11H2,(H2,31,33,34)(H,32,35,41)/t20-/m0/s1. The highest BCUT2D eigenvalue weighted by molar-refractivity contribution is 6.04. The van der Waals surface area contributed by atoms with Gasteiger partial charge in [0.2, 0.25) is 0 Å². The normalized spacial score (nSPS) is 15.2. The van der Waals surface area contributed by atoms with Gasteiger partial charge in [-0.25, -0.2) is 19.6 Å². The summed E-state index contributed by atoms with van der Waals surface area (Å²) in [6, 6.07) is 7.90. The van der Waals surface area contributed by atoms with Crippen molar-refractivity contribution in [3.05, 3.63) is 77.5 Å². The van der Waals surface area contributed by atoms with Crippen LogP contribution in [0.2, 0.25) is 0 Å². The van der Waals surface area contributed by atoms with E-state index in [1.54, 1.807) is 28.9 Å². The Morgan fingerprint density at radius 3 is 2.68 bits per heavy atom. The Balaban J connectivity index is 1.32. The van der Waals surface area contributed by atoms with Crippen LogP contribution in [-0.4, -0.2) is 52.1 Å². The number of aryl methyl sites for hydroxylation is 1. The molecule has 1 aliphatic carbocycles. The molecule has 1 amide bonds. The molecule has 4 aromatic heterocycles. The zero-order valence-corrected chi connectivity index (χ0v) is 21.5. The van der Waals surface area contributed by atoms with E-state index in [1.807, 2.05) is 10.9 Å². The lowest BCUT2D eigenvalue weighted by Crippen LogP contribution is -2.18. The number of benzene rings is 1. The van der Waals surface area contributed by atoms with Crippen molar-refractivity contribution < 1.29 is 23.1 Å². The first-order valence-corrected chi connectivity index (χ1v) is 12.8. The molecule has 0 fully saturated rings. The van der Waals surface area contributed by atoms with Crippen LogP contribution in [0.1, 0.15) is 46.1 Å². The molecule has 1 aromatic carbocycles. The van der Waals surface area contributed by atoms with E-state index < -0.39 is 17.6 Å². The topological polar surface area (TPSA) is 150 Å². The molecular weight excluding hydrogens is 539 g/mol. The maximum atomic E-state index is 13.0. The second-order valence-corrected chi connectivity index (χ2v) is 9.64. The summed E-state index contributed by atoms with van der Waals surface area (Å²) in [4.78, 5) is 25.2. The van der Waals surface area contributed by atoms with Crippen LogP contribution in [0.5, 0.6) is 0 Å². The maximum absolute atomic E-state index is 13.0.